The summed E-state index contributed by atoms with van der Waals surface area (Å²) >= 11 is 5.75. The number of hydrogen-bond donors (Lipinski definition) is 2. The first-order chi connectivity index (χ1) is 11.8. The van der Waals surface area contributed by atoms with E-state index in [1.807, 2.05) is 0 Å². The number of halogens is 1. The molecule has 0 aliphatic heterocycles. The van der Waals surface area contributed by atoms with Gasteiger partial charge in [0.2, 0.25) is 0 Å². The first kappa shape index (κ1) is 16.7. The predicted molar refractivity (Wildman–Crippen MR) is 95.4 cm³/mol. The van der Waals surface area contributed by atoms with Crippen molar-refractivity contribution in [3.8, 4) is 0 Å². The minimum Gasteiger partial charge on any atom is -0.358 e. The van der Waals surface area contributed by atoms with Crippen LogP contribution in [0, 0.1) is 17.0 Å². The van der Waals surface area contributed by atoms with Crippen molar-refractivity contribution in [2.45, 2.75) is 6.92 Å². The number of hydrogen-bond acceptors (Lipinski definition) is 4. The van der Waals surface area contributed by atoms with Crippen molar-refractivity contribution in [1.82, 2.24) is 4.98 Å². The van der Waals surface area contributed by atoms with Crippen LogP contribution in [0.2, 0.25) is 5.02 Å². The topological polar surface area (TPSA) is 105 Å². The molecule has 126 valence electrons. The molecule has 0 aliphatic rings. The van der Waals surface area contributed by atoms with Crippen molar-refractivity contribution < 1.29 is 9.72 Å². The van der Waals surface area contributed by atoms with E-state index in [2.05, 4.69) is 10.3 Å². The second-order valence-corrected chi connectivity index (χ2v) is 5.86. The Morgan fingerprint density at radius 1 is 1.20 bits per heavy atom. The fourth-order valence-corrected chi connectivity index (χ4v) is 2.64. The molecule has 0 bridgehead atoms. The van der Waals surface area contributed by atoms with Gasteiger partial charge in [-0.25, -0.2) is 0 Å². The molecule has 2 N–H and O–H groups in total. The zero-order valence-corrected chi connectivity index (χ0v) is 13.8. The Hall–Kier alpha value is -3.19. The zero-order chi connectivity index (χ0) is 18.1. The monoisotopic (exact) mass is 357 g/mol. The average molecular weight is 358 g/mol. The molecule has 0 unspecified atom stereocenters. The maximum absolute atomic E-state index is 12.4. The standard InChI is InChI=1S/C17H12ClN3O4/c1-9-6-16(22)12-7-10(2-5-14(12)19-9)17(23)20-11-3-4-13(18)15(8-11)21(24)25/h2-8H,1H3,(H,19,22)(H,20,23). The number of amides is 1. The molecule has 0 saturated heterocycles. The highest BCUT2D eigenvalue weighted by Gasteiger charge is 2.15. The molecule has 1 amide bonds. The fourth-order valence-electron chi connectivity index (χ4n) is 2.45. The molecule has 1 heterocycles. The van der Waals surface area contributed by atoms with Crippen LogP contribution in [-0.4, -0.2) is 15.8 Å². The van der Waals surface area contributed by atoms with Gasteiger partial charge in [-0.3, -0.25) is 19.7 Å². The second-order valence-electron chi connectivity index (χ2n) is 5.45. The van der Waals surface area contributed by atoms with Crippen molar-refractivity contribution in [1.29, 1.82) is 0 Å². The largest absolute Gasteiger partial charge is 0.358 e. The molecular formula is C17H12ClN3O4. The smallest absolute Gasteiger partial charge is 0.289 e. The molecule has 1 aromatic heterocycles. The van der Waals surface area contributed by atoms with Gasteiger partial charge in [0.05, 0.1) is 4.92 Å². The number of aryl methyl sites for hydroxylation is 1. The SMILES string of the molecule is Cc1cc(=O)c2cc(C(=O)Nc3ccc(Cl)c([N+](=O)[O-])c3)ccc2[nH]1. The van der Waals surface area contributed by atoms with Crippen LogP contribution in [0.25, 0.3) is 10.9 Å². The van der Waals surface area contributed by atoms with Crippen LogP contribution in [0.5, 0.6) is 0 Å². The first-order valence-corrected chi connectivity index (χ1v) is 7.62. The van der Waals surface area contributed by atoms with Crippen molar-refractivity contribution >= 4 is 39.8 Å². The Balaban J connectivity index is 1.94. The van der Waals surface area contributed by atoms with Crippen LogP contribution >= 0.6 is 11.6 Å². The summed E-state index contributed by atoms with van der Waals surface area (Å²) in [4.78, 5) is 37.8. The van der Waals surface area contributed by atoms with Gasteiger partial charge in [0.1, 0.15) is 5.02 Å². The number of carbonyl (C=O) groups excluding carboxylic acids is 1. The third-order valence-corrected chi connectivity index (χ3v) is 3.95. The molecule has 0 fully saturated rings. The van der Waals surface area contributed by atoms with Crippen molar-refractivity contribution in [3.05, 3.63) is 79.1 Å². The third-order valence-electron chi connectivity index (χ3n) is 3.63. The van der Waals surface area contributed by atoms with Crippen LogP contribution in [0.1, 0.15) is 16.1 Å². The fraction of sp³-hybridized carbons (Fsp3) is 0.0588. The van der Waals surface area contributed by atoms with Crippen molar-refractivity contribution in [2.24, 2.45) is 0 Å². The number of nitrogens with one attached hydrogen (secondary N) is 2. The number of nitrogens with zero attached hydrogens (tertiary/aromatic N) is 1. The quantitative estimate of drug-likeness (QED) is 0.551. The number of anilines is 1. The molecule has 8 heteroatoms. The number of H-pyrrole nitrogens is 1. The van der Waals surface area contributed by atoms with Gasteiger partial charge in [0, 0.05) is 40.0 Å². The maximum Gasteiger partial charge on any atom is 0.289 e. The lowest BCUT2D eigenvalue weighted by Crippen LogP contribution is -2.13. The van der Waals surface area contributed by atoms with E-state index in [0.29, 0.717) is 10.9 Å². The number of pyridine rings is 1. The average Bonchev–Trinajstić information content (AvgIpc) is 2.55. The number of nitro benzene ring substituents is 1. The lowest BCUT2D eigenvalue weighted by molar-refractivity contribution is -0.384. The van der Waals surface area contributed by atoms with Crippen molar-refractivity contribution in [3.63, 3.8) is 0 Å². The number of benzene rings is 2. The minimum absolute atomic E-state index is 0.0180. The number of nitro groups is 1. The normalized spacial score (nSPS) is 10.6. The van der Waals surface area contributed by atoms with E-state index in [9.17, 15) is 19.7 Å². The van der Waals surface area contributed by atoms with E-state index >= 15 is 0 Å². The van der Waals surface area contributed by atoms with Crippen LogP contribution < -0.4 is 10.7 Å². The molecule has 0 spiro atoms. The Morgan fingerprint density at radius 3 is 2.68 bits per heavy atom. The van der Waals surface area contributed by atoms with E-state index in [4.69, 9.17) is 11.6 Å². The second kappa shape index (κ2) is 6.37. The molecule has 2 aromatic carbocycles. The molecule has 7 nitrogen and oxygen atoms in total. The highest BCUT2D eigenvalue weighted by atomic mass is 35.5. The van der Waals surface area contributed by atoms with Gasteiger partial charge in [-0.05, 0) is 37.3 Å². The van der Waals surface area contributed by atoms with Gasteiger partial charge < -0.3 is 10.3 Å². The molecule has 0 saturated carbocycles. The van der Waals surface area contributed by atoms with Gasteiger partial charge >= 0.3 is 0 Å². The molecule has 25 heavy (non-hydrogen) atoms. The van der Waals surface area contributed by atoms with Gasteiger partial charge in [0.25, 0.3) is 11.6 Å². The van der Waals surface area contributed by atoms with Gasteiger partial charge in [0.15, 0.2) is 5.43 Å². The molecule has 0 aliphatic carbocycles. The van der Waals surface area contributed by atoms with Crippen LogP contribution in [0.3, 0.4) is 0 Å². The van der Waals surface area contributed by atoms with E-state index < -0.39 is 10.8 Å². The molecular weight excluding hydrogens is 346 g/mol. The minimum atomic E-state index is -0.629. The van der Waals surface area contributed by atoms with Crippen LogP contribution in [-0.2, 0) is 0 Å². The summed E-state index contributed by atoms with van der Waals surface area (Å²) in [5.74, 6) is -0.488. The highest BCUT2D eigenvalue weighted by Crippen LogP contribution is 2.27. The molecule has 0 atom stereocenters. The lowest BCUT2D eigenvalue weighted by atomic mass is 10.1. The summed E-state index contributed by atoms with van der Waals surface area (Å²) in [6.07, 6.45) is 0. The number of fused-ring (bicyclic) bond motifs is 1. The van der Waals surface area contributed by atoms with Gasteiger partial charge in [-0.2, -0.15) is 0 Å². The molecule has 0 radical (unpaired) electrons. The Bertz CT molecular complexity index is 1080. The van der Waals surface area contributed by atoms with E-state index in [1.165, 1.54) is 30.3 Å². The zero-order valence-electron chi connectivity index (χ0n) is 13.0. The summed E-state index contributed by atoms with van der Waals surface area (Å²) in [6, 6.07) is 10.1. The van der Waals surface area contributed by atoms with E-state index in [-0.39, 0.29) is 27.4 Å². The Labute approximate surface area is 146 Å². The maximum atomic E-state index is 12.4. The summed E-state index contributed by atoms with van der Waals surface area (Å²) in [6.45, 7) is 1.77. The predicted octanol–water partition coefficient (Wildman–Crippen LogP) is 3.65. The number of rotatable bonds is 3. The lowest BCUT2D eigenvalue weighted by Gasteiger charge is -2.07. The van der Waals surface area contributed by atoms with Crippen LogP contribution in [0.15, 0.2) is 47.3 Å². The van der Waals surface area contributed by atoms with Crippen LogP contribution in [0.4, 0.5) is 11.4 Å². The van der Waals surface area contributed by atoms with E-state index in [1.54, 1.807) is 19.1 Å². The number of aromatic amines is 1. The number of aromatic nitrogens is 1. The summed E-state index contributed by atoms with van der Waals surface area (Å²) in [7, 11) is 0. The third kappa shape index (κ3) is 3.36. The molecule has 3 aromatic rings. The number of carbonyl (C=O) groups is 1. The van der Waals surface area contributed by atoms with Crippen molar-refractivity contribution in [2.75, 3.05) is 5.32 Å². The Morgan fingerprint density at radius 2 is 1.96 bits per heavy atom. The summed E-state index contributed by atoms with van der Waals surface area (Å²) in [5, 5.41) is 13.8. The summed E-state index contributed by atoms with van der Waals surface area (Å²) in [5.41, 5.74) is 1.36. The van der Waals surface area contributed by atoms with E-state index in [0.717, 1.165) is 5.69 Å². The summed E-state index contributed by atoms with van der Waals surface area (Å²) < 4.78 is 0. The Kier molecular flexibility index (Phi) is 4.24. The first-order valence-electron chi connectivity index (χ1n) is 7.24. The molecule has 3 rings (SSSR count). The van der Waals surface area contributed by atoms with Gasteiger partial charge in [-0.15, -0.1) is 0 Å². The van der Waals surface area contributed by atoms with Gasteiger partial charge in [-0.1, -0.05) is 11.6 Å². The highest BCUT2D eigenvalue weighted by molar-refractivity contribution is 6.32.